The van der Waals surface area contributed by atoms with Crippen LogP contribution in [0.15, 0.2) is 89.5 Å². The van der Waals surface area contributed by atoms with Crippen molar-refractivity contribution in [3.05, 3.63) is 123 Å². The van der Waals surface area contributed by atoms with Crippen LogP contribution in [0.25, 0.3) is 92.1 Å². The van der Waals surface area contributed by atoms with Crippen molar-refractivity contribution < 1.29 is 18.4 Å². The van der Waals surface area contributed by atoms with Crippen molar-refractivity contribution >= 4 is 92.8 Å². The fraction of sp³-hybridized carbons (Fsp3) is 0.133. The largest absolute Gasteiger partial charge is 0.311 e. The number of carbonyl (C=O) groups is 2. The lowest BCUT2D eigenvalue weighted by atomic mass is 9.75. The van der Waals surface area contributed by atoms with Gasteiger partial charge in [-0.3, -0.25) is 19.3 Å². The minimum Gasteiger partial charge on any atom is -0.311 e. The molecule has 0 radical (unpaired) electrons. The van der Waals surface area contributed by atoms with Gasteiger partial charge < -0.3 is 4.57 Å². The highest BCUT2D eigenvalue weighted by Crippen LogP contribution is 2.55. The van der Waals surface area contributed by atoms with E-state index in [2.05, 4.69) is 6.07 Å². The first-order valence-electron chi connectivity index (χ1n) is 17.6. The second-order valence-electron chi connectivity index (χ2n) is 14.9. The zero-order valence-electron chi connectivity index (χ0n) is 28.1. The number of nitrogens with zero attached hydrogens (tertiary/aromatic N) is 2. The van der Waals surface area contributed by atoms with Gasteiger partial charge in [-0.15, -0.1) is 0 Å². The summed E-state index contributed by atoms with van der Waals surface area (Å²) < 4.78 is 33.5. The Bertz CT molecular complexity index is 3380. The Hall–Kier alpha value is -6.21. The van der Waals surface area contributed by atoms with Gasteiger partial charge in [-0.25, -0.2) is 8.78 Å². The number of imide groups is 1. The van der Waals surface area contributed by atoms with Gasteiger partial charge in [0.05, 0.1) is 5.35 Å². The van der Waals surface area contributed by atoms with Gasteiger partial charge in [0.25, 0.3) is 17.4 Å². The average molecular weight is 681 g/mol. The summed E-state index contributed by atoms with van der Waals surface area (Å²) in [6.07, 6.45) is 7.40. The van der Waals surface area contributed by atoms with Crippen LogP contribution in [-0.4, -0.2) is 28.3 Å². The molecule has 0 spiro atoms. The molecule has 12 rings (SSSR count). The van der Waals surface area contributed by atoms with Crippen LogP contribution in [0, 0.1) is 5.82 Å². The van der Waals surface area contributed by atoms with Crippen LogP contribution in [0.2, 0.25) is 0 Å². The van der Waals surface area contributed by atoms with Crippen LogP contribution in [0.5, 0.6) is 0 Å². The number of hydrogen-bond donors (Lipinski definition) is 0. The second kappa shape index (κ2) is 9.17. The molecule has 5 nitrogen and oxygen atoms in total. The van der Waals surface area contributed by atoms with Gasteiger partial charge in [0.15, 0.2) is 0 Å². The predicted octanol–water partition coefficient (Wildman–Crippen LogP) is 9.36. The fourth-order valence-electron chi connectivity index (χ4n) is 9.92. The van der Waals surface area contributed by atoms with Crippen molar-refractivity contribution in [2.75, 3.05) is 7.05 Å². The average Bonchev–Trinajstić information content (AvgIpc) is 3.99. The van der Waals surface area contributed by atoms with Crippen molar-refractivity contribution in [1.82, 2.24) is 9.47 Å². The highest BCUT2D eigenvalue weighted by atomic mass is 19.1. The summed E-state index contributed by atoms with van der Waals surface area (Å²) >= 11 is 0. The molecule has 2 amide bonds. The highest BCUT2D eigenvalue weighted by Gasteiger charge is 2.37. The van der Waals surface area contributed by atoms with Gasteiger partial charge in [-0.2, -0.15) is 0 Å². The molecule has 0 N–H and O–H groups in total. The van der Waals surface area contributed by atoms with E-state index in [0.717, 1.165) is 93.3 Å². The zero-order valence-corrected chi connectivity index (χ0v) is 28.1. The lowest BCUT2D eigenvalue weighted by molar-refractivity contribution is 0.0651. The third-order valence-electron chi connectivity index (χ3n) is 12.2. The van der Waals surface area contributed by atoms with E-state index >= 15 is 8.78 Å². The minimum absolute atomic E-state index is 0.103. The molecule has 1 aliphatic heterocycles. The number of rotatable bonds is 2. The summed E-state index contributed by atoms with van der Waals surface area (Å²) in [5, 5.41) is 12.1. The lowest BCUT2D eigenvalue weighted by Gasteiger charge is -2.30. The third-order valence-corrected chi connectivity index (χ3v) is 12.2. The molecule has 1 atom stereocenters. The molecular formula is C45H26F2N2O3. The van der Waals surface area contributed by atoms with Gasteiger partial charge in [0.2, 0.25) is 0 Å². The summed E-state index contributed by atoms with van der Waals surface area (Å²) in [6.45, 7) is 0. The zero-order chi connectivity index (χ0) is 35.1. The first-order valence-corrected chi connectivity index (χ1v) is 17.6. The van der Waals surface area contributed by atoms with Gasteiger partial charge in [-0.1, -0.05) is 30.4 Å². The van der Waals surface area contributed by atoms with Gasteiger partial charge in [-0.05, 0) is 128 Å². The van der Waals surface area contributed by atoms with E-state index in [1.54, 1.807) is 22.8 Å². The molecule has 1 aromatic heterocycles. The van der Waals surface area contributed by atoms with E-state index in [9.17, 15) is 14.4 Å². The maximum absolute atomic E-state index is 15.9. The SMILES string of the molecule is CN1C(=O)c2cc3cc(-c4ccccc4F)c4cc5c(=C6CC6)n(C)c(=O)c6cc7cc(C8CC=CC=C8F)c8cc(c2c2c3c4c(c65)c7c82)C1=O. The predicted molar refractivity (Wildman–Crippen MR) is 203 cm³/mol. The third kappa shape index (κ3) is 3.18. The number of aromatic nitrogens is 1. The van der Waals surface area contributed by atoms with Crippen LogP contribution in [0.3, 0.4) is 0 Å². The van der Waals surface area contributed by atoms with Crippen LogP contribution >= 0.6 is 0 Å². The lowest BCUT2D eigenvalue weighted by Crippen LogP contribution is -2.37. The summed E-state index contributed by atoms with van der Waals surface area (Å²) in [5.74, 6) is -2.05. The Morgan fingerprint density at radius 1 is 0.635 bits per heavy atom. The second-order valence-corrected chi connectivity index (χ2v) is 14.9. The standard InChI is InChI=1S/C45H26F2N2O3/c1-48-42(19-11-12-19)28-17-26-24(22-7-3-5-9-32(22)46)13-21-16-30-37-31(45(52)49(2)44(30)51)18-27-25(23-8-4-6-10-33(23)47)14-20-15-29(43(48)50)36(28)40-34(20)39(27)41(37)35(21)38(26)40/h3-7,9-10,13-18,23H,8,11-12H2,1-2H3. The smallest absolute Gasteiger partial charge is 0.261 e. The Balaban J connectivity index is 1.46. The number of halogens is 2. The molecule has 8 aromatic carbocycles. The van der Waals surface area contributed by atoms with Gasteiger partial charge >= 0.3 is 0 Å². The van der Waals surface area contributed by atoms with E-state index in [4.69, 9.17) is 0 Å². The molecule has 52 heavy (non-hydrogen) atoms. The quantitative estimate of drug-likeness (QED) is 0.104. The number of hydrogen-bond acceptors (Lipinski definition) is 3. The summed E-state index contributed by atoms with van der Waals surface area (Å²) in [4.78, 5) is 43.6. The molecular weight excluding hydrogens is 655 g/mol. The number of pyridine rings is 1. The topological polar surface area (TPSA) is 59.4 Å². The summed E-state index contributed by atoms with van der Waals surface area (Å²) in [6, 6.07) is 18.5. The number of allylic oxidation sites excluding steroid dienone is 4. The van der Waals surface area contributed by atoms with E-state index in [1.807, 2.05) is 49.5 Å². The minimum atomic E-state index is -0.594. The first kappa shape index (κ1) is 28.5. The van der Waals surface area contributed by atoms with Crippen LogP contribution in [-0.2, 0) is 7.05 Å². The van der Waals surface area contributed by atoms with Crippen LogP contribution < -0.4 is 10.9 Å². The van der Waals surface area contributed by atoms with Gasteiger partial charge in [0, 0.05) is 69.0 Å². The van der Waals surface area contributed by atoms with E-state index in [0.29, 0.717) is 39.4 Å². The molecule has 2 heterocycles. The Kier molecular flexibility index (Phi) is 5.02. The van der Waals surface area contributed by atoms with Crippen molar-refractivity contribution in [2.45, 2.75) is 25.2 Å². The summed E-state index contributed by atoms with van der Waals surface area (Å²) in [5.41, 5.74) is 3.75. The maximum atomic E-state index is 15.9. The molecule has 248 valence electrons. The molecule has 0 bridgehead atoms. The fourth-order valence-corrected chi connectivity index (χ4v) is 9.92. The van der Waals surface area contributed by atoms with Crippen molar-refractivity contribution in [1.29, 1.82) is 0 Å². The molecule has 2 aliphatic carbocycles. The number of amides is 2. The molecule has 3 aliphatic rings. The van der Waals surface area contributed by atoms with Gasteiger partial charge in [0.1, 0.15) is 11.6 Å². The Morgan fingerprint density at radius 3 is 2.08 bits per heavy atom. The van der Waals surface area contributed by atoms with Crippen molar-refractivity contribution in [3.8, 4) is 11.1 Å². The Labute approximate surface area is 293 Å². The van der Waals surface area contributed by atoms with E-state index in [-0.39, 0.29) is 17.2 Å². The van der Waals surface area contributed by atoms with E-state index in [1.165, 1.54) is 24.8 Å². The molecule has 1 unspecified atom stereocenters. The number of carbonyl (C=O) groups excluding carboxylic acids is 2. The summed E-state index contributed by atoms with van der Waals surface area (Å²) in [7, 11) is 3.31. The molecule has 1 saturated carbocycles. The van der Waals surface area contributed by atoms with E-state index < -0.39 is 17.7 Å². The Morgan fingerprint density at radius 2 is 1.33 bits per heavy atom. The number of benzene rings is 8. The molecule has 0 saturated heterocycles. The highest BCUT2D eigenvalue weighted by molar-refractivity contribution is 6.50. The van der Waals surface area contributed by atoms with Crippen molar-refractivity contribution in [2.24, 2.45) is 7.05 Å². The molecule has 7 heteroatoms. The van der Waals surface area contributed by atoms with Crippen LogP contribution in [0.4, 0.5) is 8.78 Å². The maximum Gasteiger partial charge on any atom is 0.261 e. The van der Waals surface area contributed by atoms with Crippen LogP contribution in [0.1, 0.15) is 51.5 Å². The first-order chi connectivity index (χ1) is 25.2. The normalized spacial score (nSPS) is 17.7. The molecule has 9 aromatic rings. The monoisotopic (exact) mass is 680 g/mol. The molecule has 1 fully saturated rings. The van der Waals surface area contributed by atoms with Crippen molar-refractivity contribution in [3.63, 3.8) is 0 Å².